The van der Waals surface area contributed by atoms with Crippen LogP contribution in [0.2, 0.25) is 0 Å². The summed E-state index contributed by atoms with van der Waals surface area (Å²) in [6, 6.07) is 4.80. The first kappa shape index (κ1) is 20.7. The molecule has 0 radical (unpaired) electrons. The van der Waals surface area contributed by atoms with E-state index in [4.69, 9.17) is 5.10 Å². The van der Waals surface area contributed by atoms with E-state index in [0.717, 1.165) is 49.5 Å². The monoisotopic (exact) mass is 425 g/mol. The normalized spacial score (nSPS) is 23.1. The Labute approximate surface area is 184 Å². The summed E-state index contributed by atoms with van der Waals surface area (Å²) >= 11 is 0. The van der Waals surface area contributed by atoms with E-state index in [-0.39, 0.29) is 5.91 Å². The summed E-state index contributed by atoms with van der Waals surface area (Å²) in [5.41, 5.74) is 0.745. The van der Waals surface area contributed by atoms with E-state index < -0.39 is 0 Å². The van der Waals surface area contributed by atoms with Crippen LogP contribution in [0.1, 0.15) is 63.6 Å². The van der Waals surface area contributed by atoms with Crippen molar-refractivity contribution >= 4 is 17.4 Å². The van der Waals surface area contributed by atoms with Crippen molar-refractivity contribution in [1.29, 1.82) is 0 Å². The maximum atomic E-state index is 12.5. The smallest absolute Gasteiger partial charge is 0.220 e. The summed E-state index contributed by atoms with van der Waals surface area (Å²) in [7, 11) is 0. The molecule has 31 heavy (non-hydrogen) atoms. The largest absolute Gasteiger partial charge is 0.356 e. The Balaban J connectivity index is 1.11. The van der Waals surface area contributed by atoms with Crippen LogP contribution in [0.3, 0.4) is 0 Å². The van der Waals surface area contributed by atoms with E-state index in [1.807, 2.05) is 16.6 Å². The molecule has 5 rings (SSSR count). The first-order valence-electron chi connectivity index (χ1n) is 12.2. The molecule has 2 aromatic heterocycles. The van der Waals surface area contributed by atoms with E-state index in [1.165, 1.54) is 57.9 Å². The molecule has 1 amide bonds. The number of fused-ring (bicyclic) bond motifs is 1. The Kier molecular flexibility index (Phi) is 6.34. The average molecular weight is 426 g/mol. The molecule has 2 saturated heterocycles. The number of aryl methyl sites for hydroxylation is 1. The number of hydrogen-bond donors (Lipinski definition) is 1. The molecule has 1 atom stereocenters. The Bertz CT molecular complexity index is 885. The van der Waals surface area contributed by atoms with Gasteiger partial charge in [-0.15, -0.1) is 15.3 Å². The lowest BCUT2D eigenvalue weighted by Gasteiger charge is -2.27. The lowest BCUT2D eigenvalue weighted by molar-refractivity contribution is -0.121. The molecule has 4 heterocycles. The number of nitrogens with one attached hydrogen (secondary N) is 1. The van der Waals surface area contributed by atoms with Crippen LogP contribution in [0.4, 0.5) is 5.82 Å². The van der Waals surface area contributed by atoms with Crippen LogP contribution >= 0.6 is 0 Å². The summed E-state index contributed by atoms with van der Waals surface area (Å²) in [6.07, 6.45) is 11.4. The highest BCUT2D eigenvalue weighted by Gasteiger charge is 2.29. The average Bonchev–Trinajstić information content (AvgIpc) is 3.57. The molecule has 3 aliphatic rings. The quantitative estimate of drug-likeness (QED) is 0.734. The second kappa shape index (κ2) is 9.51. The van der Waals surface area contributed by atoms with E-state index in [0.29, 0.717) is 18.8 Å². The fourth-order valence-corrected chi connectivity index (χ4v) is 5.47. The molecule has 0 bridgehead atoms. The van der Waals surface area contributed by atoms with E-state index in [9.17, 15) is 4.79 Å². The summed E-state index contributed by atoms with van der Waals surface area (Å²) < 4.78 is 1.81. The highest BCUT2D eigenvalue weighted by molar-refractivity contribution is 5.76. The van der Waals surface area contributed by atoms with Gasteiger partial charge in [-0.3, -0.25) is 4.79 Å². The van der Waals surface area contributed by atoms with Crippen LogP contribution in [0, 0.1) is 5.92 Å². The van der Waals surface area contributed by atoms with E-state index in [2.05, 4.69) is 25.3 Å². The number of likely N-dealkylation sites (tertiary alicyclic amines) is 1. The van der Waals surface area contributed by atoms with Crippen molar-refractivity contribution in [2.24, 2.45) is 5.92 Å². The van der Waals surface area contributed by atoms with Gasteiger partial charge in [-0.1, -0.05) is 12.8 Å². The zero-order chi connectivity index (χ0) is 21.0. The highest BCUT2D eigenvalue weighted by atomic mass is 16.1. The second-order valence-electron chi connectivity index (χ2n) is 9.52. The second-order valence-corrected chi connectivity index (χ2v) is 9.52. The molecule has 1 N–H and O–H groups in total. The summed E-state index contributed by atoms with van der Waals surface area (Å²) in [5, 5.41) is 16.5. The van der Waals surface area contributed by atoms with Crippen molar-refractivity contribution in [3.63, 3.8) is 0 Å². The minimum atomic E-state index is 0.100. The van der Waals surface area contributed by atoms with E-state index >= 15 is 0 Å². The van der Waals surface area contributed by atoms with Gasteiger partial charge in [-0.05, 0) is 63.1 Å². The van der Waals surface area contributed by atoms with Gasteiger partial charge in [-0.25, -0.2) is 0 Å². The van der Waals surface area contributed by atoms with Gasteiger partial charge >= 0.3 is 0 Å². The molecule has 8 nitrogen and oxygen atoms in total. The number of amides is 1. The molecule has 0 aromatic carbocycles. The first-order chi connectivity index (χ1) is 15.3. The van der Waals surface area contributed by atoms with Gasteiger partial charge in [0.15, 0.2) is 11.5 Å². The fraction of sp³-hybridized carbons (Fsp3) is 0.739. The number of anilines is 1. The highest BCUT2D eigenvalue weighted by Crippen LogP contribution is 2.28. The predicted octanol–water partition coefficient (Wildman–Crippen LogP) is 2.43. The molecule has 8 heteroatoms. The summed E-state index contributed by atoms with van der Waals surface area (Å²) in [5.74, 6) is 2.43. The zero-order valence-corrected chi connectivity index (χ0v) is 18.5. The number of aromatic nitrogens is 4. The summed E-state index contributed by atoms with van der Waals surface area (Å²) in [4.78, 5) is 17.5. The number of rotatable bonds is 7. The van der Waals surface area contributed by atoms with Gasteiger partial charge in [0.05, 0.1) is 0 Å². The minimum absolute atomic E-state index is 0.100. The van der Waals surface area contributed by atoms with Crippen molar-refractivity contribution < 1.29 is 4.79 Å². The number of carbonyl (C=O) groups is 1. The molecule has 0 spiro atoms. The minimum Gasteiger partial charge on any atom is -0.356 e. The number of piperidine rings is 1. The standard InChI is InChI=1S/C23H35N7O/c31-23(24-16-18-12-15-29(17-18)19-6-2-3-7-19)11-10-21-26-25-20-8-9-22(27-30(20)21)28-13-4-1-5-14-28/h8-9,18-19H,1-7,10-17H2,(H,24,31)/t18-/m1/s1. The molecular weight excluding hydrogens is 390 g/mol. The molecule has 168 valence electrons. The Morgan fingerprint density at radius 3 is 2.68 bits per heavy atom. The van der Waals surface area contributed by atoms with Gasteiger partial charge in [-0.2, -0.15) is 4.52 Å². The summed E-state index contributed by atoms with van der Waals surface area (Å²) in [6.45, 7) is 5.24. The van der Waals surface area contributed by atoms with Crippen molar-refractivity contribution in [2.45, 2.75) is 70.3 Å². The number of carbonyl (C=O) groups excluding carboxylic acids is 1. The third-order valence-corrected chi connectivity index (χ3v) is 7.32. The molecule has 1 aliphatic carbocycles. The SMILES string of the molecule is O=C(CCc1nnc2ccc(N3CCCCC3)nn12)NC[C@H]1CCN(C2CCCC2)C1. The Morgan fingerprint density at radius 2 is 1.84 bits per heavy atom. The van der Waals surface area contributed by atoms with Crippen molar-refractivity contribution in [3.8, 4) is 0 Å². The topological polar surface area (TPSA) is 78.7 Å². The lowest BCUT2D eigenvalue weighted by atomic mass is 10.1. The van der Waals surface area contributed by atoms with Crippen LogP contribution in [0.15, 0.2) is 12.1 Å². The third-order valence-electron chi connectivity index (χ3n) is 7.32. The fourth-order valence-electron chi connectivity index (χ4n) is 5.47. The van der Waals surface area contributed by atoms with Crippen molar-refractivity contribution in [3.05, 3.63) is 18.0 Å². The predicted molar refractivity (Wildman–Crippen MR) is 120 cm³/mol. The molecule has 1 saturated carbocycles. The van der Waals surface area contributed by atoms with Gasteiger partial charge in [0.2, 0.25) is 5.91 Å². The van der Waals surface area contributed by atoms with E-state index in [1.54, 1.807) is 0 Å². The molecular formula is C23H35N7O. The maximum absolute atomic E-state index is 12.5. The Hall–Kier alpha value is -2.22. The molecule has 2 aliphatic heterocycles. The Morgan fingerprint density at radius 1 is 1.00 bits per heavy atom. The molecule has 3 fully saturated rings. The molecule has 0 unspecified atom stereocenters. The first-order valence-corrected chi connectivity index (χ1v) is 12.2. The van der Waals surface area contributed by atoms with Crippen LogP contribution in [-0.4, -0.2) is 69.4 Å². The lowest BCUT2D eigenvalue weighted by Crippen LogP contribution is -2.34. The third kappa shape index (κ3) is 4.84. The zero-order valence-electron chi connectivity index (χ0n) is 18.5. The van der Waals surface area contributed by atoms with Gasteiger partial charge in [0, 0.05) is 45.1 Å². The van der Waals surface area contributed by atoms with Crippen LogP contribution in [-0.2, 0) is 11.2 Å². The number of nitrogens with zero attached hydrogens (tertiary/aromatic N) is 6. The van der Waals surface area contributed by atoms with Crippen molar-refractivity contribution in [1.82, 2.24) is 30.0 Å². The van der Waals surface area contributed by atoms with Gasteiger partial charge in [0.25, 0.3) is 0 Å². The molecule has 2 aromatic rings. The van der Waals surface area contributed by atoms with Gasteiger partial charge in [0.1, 0.15) is 5.82 Å². The maximum Gasteiger partial charge on any atom is 0.220 e. The van der Waals surface area contributed by atoms with Crippen LogP contribution in [0.25, 0.3) is 5.65 Å². The van der Waals surface area contributed by atoms with Gasteiger partial charge < -0.3 is 15.1 Å². The number of hydrogen-bond acceptors (Lipinski definition) is 6. The van der Waals surface area contributed by atoms with Crippen LogP contribution < -0.4 is 10.2 Å². The van der Waals surface area contributed by atoms with Crippen molar-refractivity contribution in [2.75, 3.05) is 37.6 Å². The van der Waals surface area contributed by atoms with Crippen LogP contribution in [0.5, 0.6) is 0 Å².